The summed E-state index contributed by atoms with van der Waals surface area (Å²) in [6.45, 7) is 2.66. The van der Waals surface area contributed by atoms with Crippen molar-refractivity contribution in [3.63, 3.8) is 0 Å². The number of piperazine rings is 1. The molecule has 0 N–H and O–H groups in total. The van der Waals surface area contributed by atoms with Crippen molar-refractivity contribution in [1.82, 2.24) is 19.0 Å². The van der Waals surface area contributed by atoms with Crippen LogP contribution in [0.4, 0.5) is 0 Å². The van der Waals surface area contributed by atoms with Crippen molar-refractivity contribution < 1.29 is 13.2 Å². The van der Waals surface area contributed by atoms with Crippen LogP contribution in [0, 0.1) is 6.92 Å². The van der Waals surface area contributed by atoms with Crippen LogP contribution in [0.15, 0.2) is 52.2 Å². The summed E-state index contributed by atoms with van der Waals surface area (Å²) in [6.07, 6.45) is 4.16. The largest absolute Gasteiger partial charge is 0.338 e. The molecular formula is C25H28N4O4S. The van der Waals surface area contributed by atoms with E-state index in [1.165, 1.54) is 14.6 Å². The molecule has 1 aromatic heterocycles. The zero-order valence-electron chi connectivity index (χ0n) is 19.2. The number of hydrogen-bond donors (Lipinski definition) is 0. The molecule has 0 bridgehead atoms. The number of rotatable bonds is 4. The molecule has 2 aliphatic rings. The van der Waals surface area contributed by atoms with Crippen molar-refractivity contribution in [2.75, 3.05) is 26.2 Å². The fourth-order valence-corrected chi connectivity index (χ4v) is 6.41. The van der Waals surface area contributed by atoms with E-state index in [1.807, 2.05) is 31.2 Å². The summed E-state index contributed by atoms with van der Waals surface area (Å²) < 4.78 is 29.1. The Kier molecular flexibility index (Phi) is 5.99. The topological polar surface area (TPSA) is 92.6 Å². The molecule has 1 aliphatic carbocycles. The van der Waals surface area contributed by atoms with E-state index in [9.17, 15) is 18.0 Å². The summed E-state index contributed by atoms with van der Waals surface area (Å²) in [4.78, 5) is 27.6. The molecule has 0 unspecified atom stereocenters. The van der Waals surface area contributed by atoms with Crippen molar-refractivity contribution in [3.05, 3.63) is 69.6 Å². The van der Waals surface area contributed by atoms with Crippen molar-refractivity contribution in [1.29, 1.82) is 0 Å². The van der Waals surface area contributed by atoms with Crippen LogP contribution in [-0.4, -0.2) is 59.5 Å². The van der Waals surface area contributed by atoms with Crippen LogP contribution < -0.4 is 5.56 Å². The van der Waals surface area contributed by atoms with Gasteiger partial charge in [-0.25, -0.2) is 13.1 Å². The predicted molar refractivity (Wildman–Crippen MR) is 129 cm³/mol. The second-order valence-corrected chi connectivity index (χ2v) is 11.0. The number of aryl methyl sites for hydroxylation is 3. The Balaban J connectivity index is 1.27. The summed E-state index contributed by atoms with van der Waals surface area (Å²) in [7, 11) is -3.61. The van der Waals surface area contributed by atoms with Gasteiger partial charge in [0.05, 0.1) is 16.0 Å². The second-order valence-electron chi connectivity index (χ2n) is 9.02. The Morgan fingerprint density at radius 3 is 2.35 bits per heavy atom. The number of carbonyl (C=O) groups excluding carboxylic acids is 1. The lowest BCUT2D eigenvalue weighted by Crippen LogP contribution is -2.51. The smallest absolute Gasteiger partial charge is 0.275 e. The molecular weight excluding hydrogens is 452 g/mol. The summed E-state index contributed by atoms with van der Waals surface area (Å²) in [5.74, 6) is -0.241. The lowest BCUT2D eigenvalue weighted by molar-refractivity contribution is -0.133. The van der Waals surface area contributed by atoms with Crippen LogP contribution in [0.3, 0.4) is 0 Å². The maximum atomic E-state index is 13.2. The van der Waals surface area contributed by atoms with Gasteiger partial charge >= 0.3 is 0 Å². The molecule has 0 radical (unpaired) electrons. The van der Waals surface area contributed by atoms with E-state index in [0.29, 0.717) is 16.0 Å². The van der Waals surface area contributed by atoms with Crippen molar-refractivity contribution in [3.8, 4) is 0 Å². The van der Waals surface area contributed by atoms with Gasteiger partial charge in [0.25, 0.3) is 5.56 Å². The highest BCUT2D eigenvalue weighted by molar-refractivity contribution is 7.89. The summed E-state index contributed by atoms with van der Waals surface area (Å²) in [6, 6.07) is 12.7. The molecule has 0 atom stereocenters. The molecule has 8 nitrogen and oxygen atoms in total. The molecule has 34 heavy (non-hydrogen) atoms. The quantitative estimate of drug-likeness (QED) is 0.570. The maximum absolute atomic E-state index is 13.2. The van der Waals surface area contributed by atoms with Gasteiger partial charge in [-0.3, -0.25) is 9.59 Å². The monoisotopic (exact) mass is 480 g/mol. The van der Waals surface area contributed by atoms with Gasteiger partial charge in [-0.05, 0) is 61.9 Å². The van der Waals surface area contributed by atoms with Gasteiger partial charge in [0.15, 0.2) is 0 Å². The fourth-order valence-electron chi connectivity index (χ4n) is 4.94. The maximum Gasteiger partial charge on any atom is 0.275 e. The molecule has 5 rings (SSSR count). The first kappa shape index (κ1) is 22.7. The van der Waals surface area contributed by atoms with Gasteiger partial charge < -0.3 is 4.90 Å². The van der Waals surface area contributed by atoms with E-state index in [4.69, 9.17) is 0 Å². The molecule has 0 saturated carbocycles. The zero-order chi connectivity index (χ0) is 23.9. The Bertz CT molecular complexity index is 1420. The predicted octanol–water partition coefficient (Wildman–Crippen LogP) is 2.12. The lowest BCUT2D eigenvalue weighted by Gasteiger charge is -2.34. The Labute approximate surface area is 198 Å². The first-order valence-corrected chi connectivity index (χ1v) is 13.1. The number of sulfonamides is 1. The molecule has 3 aromatic rings. The number of amides is 1. The number of aromatic nitrogens is 2. The normalized spacial score (nSPS) is 17.0. The molecule has 1 amide bonds. The van der Waals surface area contributed by atoms with E-state index >= 15 is 0 Å². The molecule has 0 spiro atoms. The first-order valence-electron chi connectivity index (χ1n) is 11.7. The van der Waals surface area contributed by atoms with Gasteiger partial charge in [-0.2, -0.15) is 9.40 Å². The van der Waals surface area contributed by atoms with Gasteiger partial charge in [0, 0.05) is 31.6 Å². The van der Waals surface area contributed by atoms with E-state index in [2.05, 4.69) is 5.10 Å². The Hall–Kier alpha value is -3.04. The molecule has 1 aliphatic heterocycles. The fraction of sp³-hybridized carbons (Fsp3) is 0.400. The minimum absolute atomic E-state index is 0.165. The number of fused-ring (bicyclic) bond motifs is 2. The minimum atomic E-state index is -3.61. The van der Waals surface area contributed by atoms with Crippen molar-refractivity contribution >= 4 is 26.7 Å². The van der Waals surface area contributed by atoms with Crippen LogP contribution >= 0.6 is 0 Å². The second kappa shape index (κ2) is 8.96. The van der Waals surface area contributed by atoms with Crippen LogP contribution in [-0.2, 0) is 34.2 Å². The summed E-state index contributed by atoms with van der Waals surface area (Å²) >= 11 is 0. The summed E-state index contributed by atoms with van der Waals surface area (Å²) in [5, 5.41) is 5.62. The average Bonchev–Trinajstić information content (AvgIpc) is 2.87. The summed E-state index contributed by atoms with van der Waals surface area (Å²) in [5.41, 5.74) is 2.75. The minimum Gasteiger partial charge on any atom is -0.338 e. The molecule has 9 heteroatoms. The number of carbonyl (C=O) groups is 1. The third-order valence-electron chi connectivity index (χ3n) is 6.89. The Morgan fingerprint density at radius 2 is 1.62 bits per heavy atom. The highest BCUT2D eigenvalue weighted by Crippen LogP contribution is 2.26. The first-order chi connectivity index (χ1) is 16.3. The third kappa shape index (κ3) is 4.14. The van der Waals surface area contributed by atoms with Crippen LogP contribution in [0.5, 0.6) is 0 Å². The molecule has 2 heterocycles. The van der Waals surface area contributed by atoms with E-state index in [-0.39, 0.29) is 44.2 Å². The van der Waals surface area contributed by atoms with Crippen molar-refractivity contribution in [2.24, 2.45) is 0 Å². The van der Waals surface area contributed by atoms with Gasteiger partial charge in [-0.1, -0.05) is 24.3 Å². The average molecular weight is 481 g/mol. The van der Waals surface area contributed by atoms with Crippen LogP contribution in [0.25, 0.3) is 10.8 Å². The van der Waals surface area contributed by atoms with Gasteiger partial charge in [0.1, 0.15) is 6.54 Å². The molecule has 178 valence electrons. The number of nitrogens with zero attached hydrogens (tertiary/aromatic N) is 4. The van der Waals surface area contributed by atoms with E-state index in [1.54, 1.807) is 23.1 Å². The molecule has 2 aromatic carbocycles. The Morgan fingerprint density at radius 1 is 0.941 bits per heavy atom. The van der Waals surface area contributed by atoms with E-state index < -0.39 is 10.0 Å². The SMILES string of the molecule is Cc1nn(CC(=O)N2CCN(S(=O)(=O)c3ccc4c(c3)CCCC4)CC2)c(=O)c2ccccc12. The van der Waals surface area contributed by atoms with Crippen LogP contribution in [0.1, 0.15) is 29.7 Å². The standard InChI is InChI=1S/C25H28N4O4S/c1-18-22-8-4-5-9-23(22)25(31)29(26-18)17-24(30)27-12-14-28(15-13-27)34(32,33)21-11-10-19-6-2-3-7-20(19)16-21/h4-5,8-11,16H,2-3,6-7,12-15,17H2,1H3. The highest BCUT2D eigenvalue weighted by atomic mass is 32.2. The van der Waals surface area contributed by atoms with Gasteiger partial charge in [0.2, 0.25) is 15.9 Å². The molecule has 1 saturated heterocycles. The number of hydrogen-bond acceptors (Lipinski definition) is 5. The number of benzene rings is 2. The van der Waals surface area contributed by atoms with E-state index in [0.717, 1.165) is 36.6 Å². The third-order valence-corrected chi connectivity index (χ3v) is 8.78. The van der Waals surface area contributed by atoms with Gasteiger partial charge in [-0.15, -0.1) is 0 Å². The van der Waals surface area contributed by atoms with Crippen molar-refractivity contribution in [2.45, 2.75) is 44.0 Å². The van der Waals surface area contributed by atoms with Crippen LogP contribution in [0.2, 0.25) is 0 Å². The zero-order valence-corrected chi connectivity index (χ0v) is 20.1. The molecule has 1 fully saturated rings. The highest BCUT2D eigenvalue weighted by Gasteiger charge is 2.31. The lowest BCUT2D eigenvalue weighted by atomic mass is 9.92.